The number of nitrogens with zero attached hydrogens (tertiary/aromatic N) is 6. The van der Waals surface area contributed by atoms with Gasteiger partial charge in [-0.15, -0.1) is 11.3 Å². The quantitative estimate of drug-likeness (QED) is 0.403. The average Bonchev–Trinajstić information content (AvgIpc) is 3.52. The summed E-state index contributed by atoms with van der Waals surface area (Å²) in [4.78, 5) is 25.4. The molecule has 4 heterocycles. The van der Waals surface area contributed by atoms with Crippen LogP contribution in [0.5, 0.6) is 0 Å². The van der Waals surface area contributed by atoms with Gasteiger partial charge in [0.05, 0.1) is 5.69 Å². The van der Waals surface area contributed by atoms with E-state index in [9.17, 15) is 13.6 Å². The summed E-state index contributed by atoms with van der Waals surface area (Å²) in [6, 6.07) is 13.3. The monoisotopic (exact) mass is 493 g/mol. The number of benzene rings is 1. The summed E-state index contributed by atoms with van der Waals surface area (Å²) < 4.78 is 26.0. The molecule has 1 aromatic carbocycles. The number of hydrogen-bond donors (Lipinski definition) is 1. The molecule has 0 saturated carbocycles. The third-order valence-corrected chi connectivity index (χ3v) is 5.65. The van der Waals surface area contributed by atoms with E-state index in [0.717, 1.165) is 29.2 Å². The van der Waals surface area contributed by atoms with Crippen LogP contribution in [0.25, 0.3) is 22.0 Å². The Morgan fingerprint density at radius 2 is 1.97 bits per heavy atom. The molecule has 0 bridgehead atoms. The van der Waals surface area contributed by atoms with Gasteiger partial charge in [0.15, 0.2) is 5.82 Å². The zero-order valence-electron chi connectivity index (χ0n) is 18.7. The number of thiazole rings is 1. The van der Waals surface area contributed by atoms with Crippen LogP contribution in [0.15, 0.2) is 60.2 Å². The van der Waals surface area contributed by atoms with Crippen molar-refractivity contribution in [3.8, 4) is 33.8 Å². The predicted octanol–water partition coefficient (Wildman–Crippen LogP) is 4.32. The van der Waals surface area contributed by atoms with Crippen LogP contribution in [0.1, 0.15) is 6.42 Å². The first-order valence-corrected chi connectivity index (χ1v) is 11.5. The van der Waals surface area contributed by atoms with Crippen LogP contribution in [0.2, 0.25) is 0 Å². The maximum absolute atomic E-state index is 12.4. The van der Waals surface area contributed by atoms with Gasteiger partial charge in [0.25, 0.3) is 12.3 Å². The molecule has 0 saturated heterocycles. The molecule has 178 valence electrons. The van der Waals surface area contributed by atoms with Crippen LogP contribution < -0.4 is 5.32 Å². The van der Waals surface area contributed by atoms with Crippen molar-refractivity contribution in [2.75, 3.05) is 18.9 Å². The Balaban J connectivity index is 0.000000308. The minimum atomic E-state index is -2.46. The van der Waals surface area contributed by atoms with Crippen molar-refractivity contribution >= 4 is 29.0 Å². The Kier molecular flexibility index (Phi) is 7.74. The molecule has 0 atom stereocenters. The van der Waals surface area contributed by atoms with Crippen LogP contribution in [-0.2, 0) is 11.3 Å². The van der Waals surface area contributed by atoms with Gasteiger partial charge in [-0.1, -0.05) is 36.3 Å². The first kappa shape index (κ1) is 24.0. The summed E-state index contributed by atoms with van der Waals surface area (Å²) in [7, 11) is 1.76. The van der Waals surface area contributed by atoms with Gasteiger partial charge in [-0.2, -0.15) is 5.10 Å². The van der Waals surface area contributed by atoms with Crippen molar-refractivity contribution in [3.05, 3.63) is 60.2 Å². The highest BCUT2D eigenvalue weighted by molar-refractivity contribution is 7.13. The fourth-order valence-corrected chi connectivity index (χ4v) is 3.83. The lowest BCUT2D eigenvalue weighted by Gasteiger charge is -2.13. The van der Waals surface area contributed by atoms with Gasteiger partial charge in [-0.05, 0) is 12.0 Å². The van der Waals surface area contributed by atoms with Crippen molar-refractivity contribution in [2.45, 2.75) is 19.4 Å². The van der Waals surface area contributed by atoms with Gasteiger partial charge in [0.2, 0.25) is 5.95 Å². The lowest BCUT2D eigenvalue weighted by atomic mass is 10.2. The molecule has 4 aromatic rings. The van der Waals surface area contributed by atoms with Gasteiger partial charge >= 0.3 is 0 Å². The molecule has 11 heteroatoms. The van der Waals surface area contributed by atoms with Crippen LogP contribution in [0.3, 0.4) is 0 Å². The largest absolute Gasteiger partial charge is 0.334 e. The van der Waals surface area contributed by atoms with E-state index in [1.54, 1.807) is 30.3 Å². The lowest BCUT2D eigenvalue weighted by molar-refractivity contribution is -0.124. The second-order valence-electron chi connectivity index (χ2n) is 7.39. The third-order valence-electron chi connectivity index (χ3n) is 4.76. The van der Waals surface area contributed by atoms with Crippen molar-refractivity contribution < 1.29 is 13.6 Å². The molecule has 0 unspecified atom stereocenters. The number of aromatic nitrogens is 5. The van der Waals surface area contributed by atoms with E-state index in [-0.39, 0.29) is 5.91 Å². The van der Waals surface area contributed by atoms with Crippen molar-refractivity contribution in [3.63, 3.8) is 0 Å². The molecule has 1 N–H and O–H groups in total. The zero-order valence-corrected chi connectivity index (χ0v) is 19.5. The highest BCUT2D eigenvalue weighted by atomic mass is 32.1. The third kappa shape index (κ3) is 6.68. The Morgan fingerprint density at radius 1 is 1.14 bits per heavy atom. The van der Waals surface area contributed by atoms with Crippen LogP contribution >= 0.6 is 11.3 Å². The molecular formula is C24H21F2N7OS. The minimum Gasteiger partial charge on any atom is -0.334 e. The molecule has 0 fully saturated rings. The second kappa shape index (κ2) is 11.3. The van der Waals surface area contributed by atoms with Crippen molar-refractivity contribution in [1.82, 2.24) is 29.6 Å². The SMILES string of the molecule is CN1CCC#CC1=O.FC(F)Cn1ccc(Nc2nccc(-c3csc(-c4ccccc4)n3)n2)n1. The Bertz CT molecular complexity index is 1340. The normalized spacial score (nSPS) is 12.6. The number of alkyl halides is 2. The average molecular weight is 494 g/mol. The Labute approximate surface area is 204 Å². The number of halogens is 2. The van der Waals surface area contributed by atoms with E-state index in [1.807, 2.05) is 35.7 Å². The summed E-state index contributed by atoms with van der Waals surface area (Å²) >= 11 is 1.54. The van der Waals surface area contributed by atoms with Crippen molar-refractivity contribution in [2.24, 2.45) is 0 Å². The molecular weight excluding hydrogens is 472 g/mol. The fourth-order valence-electron chi connectivity index (χ4n) is 3.01. The molecule has 5 rings (SSSR count). The van der Waals surface area contributed by atoms with E-state index in [4.69, 9.17) is 0 Å². The van der Waals surface area contributed by atoms with Gasteiger partial charge in [-0.25, -0.2) is 23.7 Å². The zero-order chi connectivity index (χ0) is 24.6. The molecule has 3 aromatic heterocycles. The number of nitrogens with one attached hydrogen (secondary N) is 1. The highest BCUT2D eigenvalue weighted by Gasteiger charge is 2.11. The first-order chi connectivity index (χ1) is 17.0. The van der Waals surface area contributed by atoms with Crippen LogP contribution in [-0.4, -0.2) is 55.6 Å². The topological polar surface area (TPSA) is 88.8 Å². The van der Waals surface area contributed by atoms with Gasteiger partial charge in [0.1, 0.15) is 17.2 Å². The summed E-state index contributed by atoms with van der Waals surface area (Å²) in [5, 5.41) is 9.79. The molecule has 35 heavy (non-hydrogen) atoms. The fraction of sp³-hybridized carbons (Fsp3) is 0.208. The Hall–Kier alpha value is -4.17. The van der Waals surface area contributed by atoms with Gasteiger partial charge in [-0.3, -0.25) is 9.48 Å². The molecule has 8 nitrogen and oxygen atoms in total. The summed E-state index contributed by atoms with van der Waals surface area (Å²) in [5.74, 6) is 5.86. The van der Waals surface area contributed by atoms with E-state index < -0.39 is 13.0 Å². The highest BCUT2D eigenvalue weighted by Crippen LogP contribution is 2.28. The van der Waals surface area contributed by atoms with Crippen LogP contribution in [0, 0.1) is 11.8 Å². The number of carbonyl (C=O) groups excluding carboxylic acids is 1. The van der Waals surface area contributed by atoms with Gasteiger partial charge < -0.3 is 10.2 Å². The van der Waals surface area contributed by atoms with Crippen LogP contribution in [0.4, 0.5) is 20.5 Å². The molecule has 1 aliphatic heterocycles. The van der Waals surface area contributed by atoms with E-state index in [1.165, 1.54) is 22.2 Å². The number of hydrogen-bond acceptors (Lipinski definition) is 7. The minimum absolute atomic E-state index is 0.0590. The Morgan fingerprint density at radius 3 is 2.69 bits per heavy atom. The summed E-state index contributed by atoms with van der Waals surface area (Å²) in [6.07, 6.45) is 1.45. The van der Waals surface area contributed by atoms with Crippen molar-refractivity contribution in [1.29, 1.82) is 0 Å². The standard InChI is InChI=1S/C18H14F2N6S.C6H7NO/c19-15(20)10-26-9-7-16(25-26)24-18-21-8-6-13(23-18)14-11-27-17(22-14)12-4-2-1-3-5-12;1-7-5-3-2-4-6(7)8/h1-9,11,15H,10H2,(H,21,23,24,25);3,5H2,1H3. The predicted molar refractivity (Wildman–Crippen MR) is 130 cm³/mol. The molecule has 0 aliphatic carbocycles. The molecule has 0 spiro atoms. The summed E-state index contributed by atoms with van der Waals surface area (Å²) in [5.41, 5.74) is 2.45. The van der Waals surface area contributed by atoms with Gasteiger partial charge in [0, 0.05) is 49.4 Å². The smallest absolute Gasteiger partial charge is 0.298 e. The first-order valence-electron chi connectivity index (χ1n) is 10.6. The van der Waals surface area contributed by atoms with E-state index >= 15 is 0 Å². The van der Waals surface area contributed by atoms with E-state index in [0.29, 0.717) is 17.5 Å². The maximum atomic E-state index is 12.4. The second-order valence-corrected chi connectivity index (χ2v) is 8.25. The number of anilines is 2. The van der Waals surface area contributed by atoms with E-state index in [2.05, 4.69) is 37.2 Å². The maximum Gasteiger partial charge on any atom is 0.298 e. The molecule has 0 radical (unpaired) electrons. The number of rotatable bonds is 6. The molecule has 1 amide bonds. The number of amides is 1. The summed E-state index contributed by atoms with van der Waals surface area (Å²) in [6.45, 7) is 0.329. The number of carbonyl (C=O) groups is 1. The molecule has 1 aliphatic rings. The lowest BCUT2D eigenvalue weighted by Crippen LogP contribution is -2.28.